The average Bonchev–Trinajstić information content (AvgIpc) is 2.84. The molecule has 5 heteroatoms. The van der Waals surface area contributed by atoms with Crippen molar-refractivity contribution in [2.75, 3.05) is 6.61 Å². The van der Waals surface area contributed by atoms with Gasteiger partial charge in [-0.05, 0) is 72.8 Å². The number of hydroxylamine groups is 2. The van der Waals surface area contributed by atoms with Gasteiger partial charge in [-0.25, -0.2) is 4.79 Å². The van der Waals surface area contributed by atoms with E-state index in [4.69, 9.17) is 14.4 Å². The third kappa shape index (κ3) is 4.19. The van der Waals surface area contributed by atoms with Crippen molar-refractivity contribution in [1.82, 2.24) is 5.06 Å². The Kier molecular flexibility index (Phi) is 5.76. The predicted molar refractivity (Wildman–Crippen MR) is 92.7 cm³/mol. The summed E-state index contributed by atoms with van der Waals surface area (Å²) in [6.07, 6.45) is 5.42. The molecule has 0 saturated carbocycles. The van der Waals surface area contributed by atoms with Gasteiger partial charge in [0.25, 0.3) is 0 Å². The molecule has 0 bridgehead atoms. The molecule has 1 aliphatic rings. The number of carbonyl (C=O) groups excluding carboxylic acids is 1. The van der Waals surface area contributed by atoms with Gasteiger partial charge in [-0.2, -0.15) is 0 Å². The van der Waals surface area contributed by atoms with Gasteiger partial charge in [-0.1, -0.05) is 0 Å². The molecular weight excluding hydrogens is 306 g/mol. The minimum atomic E-state index is -0.354. The molecule has 1 aromatic heterocycles. The molecule has 0 amide bonds. The Morgan fingerprint density at radius 1 is 1.25 bits per heavy atom. The summed E-state index contributed by atoms with van der Waals surface area (Å²) >= 11 is 0. The largest absolute Gasteiger partial charge is 0.465 e. The molecule has 0 aliphatic carbocycles. The number of aryl methyl sites for hydroxylation is 2. The number of unbranched alkanes of at least 4 members (excludes halogenated alkanes) is 1. The molecule has 0 spiro atoms. The Balaban J connectivity index is 2.11. The first-order valence-corrected chi connectivity index (χ1v) is 8.90. The molecule has 0 radical (unpaired) electrons. The van der Waals surface area contributed by atoms with Crippen LogP contribution in [0.3, 0.4) is 0 Å². The van der Waals surface area contributed by atoms with Gasteiger partial charge in [0.15, 0.2) is 0 Å². The number of hydrogen-bond donors (Lipinski definition) is 1. The Bertz CT molecular complexity index is 558. The highest BCUT2D eigenvalue weighted by Crippen LogP contribution is 2.38. The maximum atomic E-state index is 12.7. The molecule has 1 saturated heterocycles. The molecule has 24 heavy (non-hydrogen) atoms. The maximum absolute atomic E-state index is 12.7. The molecule has 2 rings (SSSR count). The lowest BCUT2D eigenvalue weighted by atomic mass is 9.82. The molecule has 0 aromatic carbocycles. The third-order valence-electron chi connectivity index (χ3n) is 4.87. The van der Waals surface area contributed by atoms with Crippen LogP contribution in [0.25, 0.3) is 0 Å². The number of piperidine rings is 1. The number of aliphatic hydroxyl groups is 1. The minimum Gasteiger partial charge on any atom is -0.465 e. The lowest BCUT2D eigenvalue weighted by Crippen LogP contribution is -2.58. The Morgan fingerprint density at radius 3 is 2.46 bits per heavy atom. The number of hydrogen-bond acceptors (Lipinski definition) is 5. The molecular formula is C19H31NO4. The van der Waals surface area contributed by atoms with E-state index >= 15 is 0 Å². The van der Waals surface area contributed by atoms with E-state index in [-0.39, 0.29) is 23.7 Å². The van der Waals surface area contributed by atoms with Crippen LogP contribution in [0.4, 0.5) is 0 Å². The Morgan fingerprint density at radius 2 is 1.88 bits per heavy atom. The summed E-state index contributed by atoms with van der Waals surface area (Å²) in [7, 11) is 0. The van der Waals surface area contributed by atoms with E-state index < -0.39 is 0 Å². The summed E-state index contributed by atoms with van der Waals surface area (Å²) in [5.74, 6) is 1.00. The van der Waals surface area contributed by atoms with E-state index in [1.807, 2.05) is 5.06 Å². The first-order valence-electron chi connectivity index (χ1n) is 8.90. The van der Waals surface area contributed by atoms with Gasteiger partial charge >= 0.3 is 5.97 Å². The summed E-state index contributed by atoms with van der Waals surface area (Å²) in [5.41, 5.74) is 0.129. The molecule has 1 N–H and O–H groups in total. The first-order chi connectivity index (χ1) is 11.2. The normalized spacial score (nSPS) is 20.1. The van der Waals surface area contributed by atoms with Gasteiger partial charge in [0, 0.05) is 13.0 Å². The molecule has 136 valence electrons. The van der Waals surface area contributed by atoms with Crippen molar-refractivity contribution in [2.45, 2.75) is 84.2 Å². The van der Waals surface area contributed by atoms with E-state index in [9.17, 15) is 4.79 Å². The summed E-state index contributed by atoms with van der Waals surface area (Å²) in [4.78, 5) is 18.5. The van der Waals surface area contributed by atoms with Gasteiger partial charge in [0.05, 0.1) is 11.1 Å². The topological polar surface area (TPSA) is 62.9 Å². The molecule has 2 heterocycles. The fourth-order valence-corrected chi connectivity index (χ4v) is 3.64. The molecule has 0 unspecified atom stereocenters. The summed E-state index contributed by atoms with van der Waals surface area (Å²) in [5, 5.41) is 10.7. The number of carbonyl (C=O) groups is 1. The smallest absolute Gasteiger partial charge is 0.360 e. The van der Waals surface area contributed by atoms with Crippen LogP contribution in [0.5, 0.6) is 0 Å². The standard InChI is InChI=1S/C19H31NO4/c1-14-16(13-15(23-14)9-6-7-12-21)17(22)24-20-18(2,3)10-8-11-19(20,4)5/h13,21H,6-12H2,1-5H3. The summed E-state index contributed by atoms with van der Waals surface area (Å²) in [6.45, 7) is 10.4. The van der Waals surface area contributed by atoms with Crippen molar-refractivity contribution < 1.29 is 19.2 Å². The van der Waals surface area contributed by atoms with Crippen molar-refractivity contribution in [3.8, 4) is 0 Å². The second kappa shape index (κ2) is 7.28. The number of aliphatic hydroxyl groups excluding tert-OH is 1. The fraction of sp³-hybridized carbons (Fsp3) is 0.737. The van der Waals surface area contributed by atoms with Crippen molar-refractivity contribution in [3.05, 3.63) is 23.2 Å². The van der Waals surface area contributed by atoms with Crippen molar-refractivity contribution >= 4 is 5.97 Å². The molecule has 1 aliphatic heterocycles. The highest BCUT2D eigenvalue weighted by molar-refractivity contribution is 5.90. The minimum absolute atomic E-state index is 0.174. The lowest BCUT2D eigenvalue weighted by Gasteiger charge is -2.50. The van der Waals surface area contributed by atoms with Crippen molar-refractivity contribution in [3.63, 3.8) is 0 Å². The summed E-state index contributed by atoms with van der Waals surface area (Å²) in [6, 6.07) is 1.78. The predicted octanol–water partition coefficient (Wildman–Crippen LogP) is 4.02. The lowest BCUT2D eigenvalue weighted by molar-refractivity contribution is -0.240. The zero-order valence-corrected chi connectivity index (χ0v) is 15.6. The molecule has 1 fully saturated rings. The van der Waals surface area contributed by atoms with Crippen LogP contribution in [0.15, 0.2) is 10.5 Å². The zero-order chi connectivity index (χ0) is 18.0. The van der Waals surface area contributed by atoms with E-state index in [0.29, 0.717) is 11.3 Å². The second-order valence-electron chi connectivity index (χ2n) is 8.01. The van der Waals surface area contributed by atoms with Gasteiger partial charge in [-0.3, -0.25) is 0 Å². The third-order valence-corrected chi connectivity index (χ3v) is 4.87. The molecule has 5 nitrogen and oxygen atoms in total. The van der Waals surface area contributed by atoms with Crippen LogP contribution in [0, 0.1) is 6.92 Å². The first kappa shape index (κ1) is 19.0. The van der Waals surface area contributed by atoms with Gasteiger partial charge in [-0.15, -0.1) is 5.06 Å². The molecule has 1 aromatic rings. The summed E-state index contributed by atoms with van der Waals surface area (Å²) < 4.78 is 5.67. The maximum Gasteiger partial charge on any atom is 0.360 e. The highest BCUT2D eigenvalue weighted by Gasteiger charge is 2.44. The van der Waals surface area contributed by atoms with Gasteiger partial charge in [0.1, 0.15) is 17.1 Å². The number of furan rings is 1. The monoisotopic (exact) mass is 337 g/mol. The van der Waals surface area contributed by atoms with Crippen LogP contribution >= 0.6 is 0 Å². The molecule has 0 atom stereocenters. The van der Waals surface area contributed by atoms with Crippen molar-refractivity contribution in [2.24, 2.45) is 0 Å². The average molecular weight is 337 g/mol. The Hall–Kier alpha value is -1.33. The van der Waals surface area contributed by atoms with Crippen LogP contribution in [-0.4, -0.2) is 33.8 Å². The fourth-order valence-electron chi connectivity index (χ4n) is 3.64. The van der Waals surface area contributed by atoms with E-state index in [1.54, 1.807) is 13.0 Å². The Labute approximate surface area is 144 Å². The second-order valence-corrected chi connectivity index (χ2v) is 8.01. The van der Waals surface area contributed by atoms with Gasteiger partial charge < -0.3 is 14.4 Å². The van der Waals surface area contributed by atoms with Crippen molar-refractivity contribution in [1.29, 1.82) is 0 Å². The number of rotatable bonds is 6. The van der Waals surface area contributed by atoms with E-state index in [1.165, 1.54) is 0 Å². The van der Waals surface area contributed by atoms with E-state index in [0.717, 1.165) is 44.3 Å². The number of nitrogens with zero attached hydrogens (tertiary/aromatic N) is 1. The SMILES string of the molecule is Cc1oc(CCCCO)cc1C(=O)ON1C(C)(C)CCCC1(C)C. The quantitative estimate of drug-likeness (QED) is 0.794. The van der Waals surface area contributed by atoms with Crippen LogP contribution < -0.4 is 0 Å². The van der Waals surface area contributed by atoms with Crippen LogP contribution in [0.1, 0.15) is 81.7 Å². The zero-order valence-electron chi connectivity index (χ0n) is 15.6. The highest BCUT2D eigenvalue weighted by atomic mass is 16.7. The van der Waals surface area contributed by atoms with Gasteiger partial charge in [0.2, 0.25) is 0 Å². The van der Waals surface area contributed by atoms with Crippen LogP contribution in [-0.2, 0) is 11.3 Å². The van der Waals surface area contributed by atoms with E-state index in [2.05, 4.69) is 27.7 Å². The van der Waals surface area contributed by atoms with Crippen LogP contribution in [0.2, 0.25) is 0 Å².